The molecule has 3 aromatic rings. The van der Waals surface area contributed by atoms with Crippen LogP contribution in [-0.2, 0) is 0 Å². The number of aryl methyl sites for hydroxylation is 2. The molecule has 0 atom stereocenters. The molecule has 6 nitrogen and oxygen atoms in total. The van der Waals surface area contributed by atoms with Crippen molar-refractivity contribution in [2.75, 3.05) is 10.2 Å². The summed E-state index contributed by atoms with van der Waals surface area (Å²) >= 11 is 0. The number of amides is 3. The van der Waals surface area contributed by atoms with E-state index in [-0.39, 0.29) is 22.4 Å². The molecule has 1 aliphatic rings. The minimum Gasteiger partial charge on any atom is -0.506 e. The summed E-state index contributed by atoms with van der Waals surface area (Å²) in [5.74, 6) is -1.40. The summed E-state index contributed by atoms with van der Waals surface area (Å²) in [5.41, 5.74) is 3.00. The Balaban J connectivity index is 1.67. The largest absolute Gasteiger partial charge is 0.506 e. The summed E-state index contributed by atoms with van der Waals surface area (Å²) in [6, 6.07) is 16.5. The molecule has 0 bridgehead atoms. The Morgan fingerprint density at radius 2 is 1.55 bits per heavy atom. The van der Waals surface area contributed by atoms with Gasteiger partial charge in [0.1, 0.15) is 5.75 Å². The Morgan fingerprint density at radius 1 is 0.862 bits per heavy atom. The second-order valence-corrected chi connectivity index (χ2v) is 6.92. The Hall–Kier alpha value is -3.93. The first-order valence-electron chi connectivity index (χ1n) is 9.07. The van der Waals surface area contributed by atoms with Crippen LogP contribution in [0.3, 0.4) is 0 Å². The van der Waals surface area contributed by atoms with E-state index in [1.807, 2.05) is 19.1 Å². The maximum absolute atomic E-state index is 12.9. The van der Waals surface area contributed by atoms with E-state index in [1.165, 1.54) is 24.3 Å². The van der Waals surface area contributed by atoms with E-state index in [2.05, 4.69) is 5.32 Å². The minimum atomic E-state index is -0.480. The molecule has 0 spiro atoms. The molecule has 0 radical (unpaired) electrons. The van der Waals surface area contributed by atoms with Crippen molar-refractivity contribution >= 4 is 29.1 Å². The van der Waals surface area contributed by atoms with E-state index in [0.717, 1.165) is 10.5 Å². The molecule has 3 amide bonds. The van der Waals surface area contributed by atoms with Crippen molar-refractivity contribution in [3.8, 4) is 5.75 Å². The standard InChI is InChI=1S/C23H18N2O4/c1-13-6-3-4-8-18(13)25-22(28)16-11-10-15(12-17(16)23(25)29)21(27)24-20-14(2)7-5-9-19(20)26/h3-12,26H,1-2H3,(H,24,27). The third kappa shape index (κ3) is 3.04. The smallest absolute Gasteiger partial charge is 0.266 e. The Morgan fingerprint density at radius 3 is 2.28 bits per heavy atom. The number of nitrogens with one attached hydrogen (secondary N) is 1. The maximum atomic E-state index is 12.9. The third-order valence-corrected chi connectivity index (χ3v) is 4.99. The summed E-state index contributed by atoms with van der Waals surface area (Å²) in [6.07, 6.45) is 0. The monoisotopic (exact) mass is 386 g/mol. The molecule has 0 unspecified atom stereocenters. The van der Waals surface area contributed by atoms with E-state index in [9.17, 15) is 19.5 Å². The number of benzene rings is 3. The number of anilines is 2. The highest BCUT2D eigenvalue weighted by molar-refractivity contribution is 6.35. The Bertz CT molecular complexity index is 1160. The first-order valence-corrected chi connectivity index (χ1v) is 9.07. The van der Waals surface area contributed by atoms with Gasteiger partial charge in [-0.05, 0) is 55.3 Å². The average molecular weight is 386 g/mol. The van der Waals surface area contributed by atoms with Crippen LogP contribution >= 0.6 is 0 Å². The lowest BCUT2D eigenvalue weighted by molar-refractivity contribution is 0.0925. The number of fused-ring (bicyclic) bond motifs is 1. The highest BCUT2D eigenvalue weighted by atomic mass is 16.3. The highest BCUT2D eigenvalue weighted by Crippen LogP contribution is 2.32. The van der Waals surface area contributed by atoms with Crippen LogP contribution in [0, 0.1) is 13.8 Å². The fourth-order valence-electron chi connectivity index (χ4n) is 3.42. The quantitative estimate of drug-likeness (QED) is 0.525. The number of aromatic hydroxyl groups is 1. The lowest BCUT2D eigenvalue weighted by atomic mass is 10.0. The summed E-state index contributed by atoms with van der Waals surface area (Å²) in [5, 5.41) is 12.7. The lowest BCUT2D eigenvalue weighted by Gasteiger charge is -2.16. The van der Waals surface area contributed by atoms with Gasteiger partial charge >= 0.3 is 0 Å². The number of hydrogen-bond donors (Lipinski definition) is 2. The van der Waals surface area contributed by atoms with Gasteiger partial charge in [0, 0.05) is 5.56 Å². The summed E-state index contributed by atoms with van der Waals surface area (Å²) in [7, 11) is 0. The Labute approximate surface area is 167 Å². The number of imide groups is 1. The van der Waals surface area contributed by atoms with Crippen LogP contribution < -0.4 is 10.2 Å². The van der Waals surface area contributed by atoms with E-state index < -0.39 is 17.7 Å². The number of carbonyl (C=O) groups is 3. The lowest BCUT2D eigenvalue weighted by Crippen LogP contribution is -2.29. The number of para-hydroxylation sites is 2. The Kier molecular flexibility index (Phi) is 4.39. The predicted octanol–water partition coefficient (Wildman–Crippen LogP) is 4.06. The first-order chi connectivity index (χ1) is 13.9. The van der Waals surface area contributed by atoms with Gasteiger partial charge in [-0.3, -0.25) is 14.4 Å². The first kappa shape index (κ1) is 18.4. The highest BCUT2D eigenvalue weighted by Gasteiger charge is 2.37. The average Bonchev–Trinajstić information content (AvgIpc) is 2.95. The summed E-state index contributed by atoms with van der Waals surface area (Å²) in [4.78, 5) is 39.5. The fraction of sp³-hybridized carbons (Fsp3) is 0.0870. The molecule has 6 heteroatoms. The van der Waals surface area contributed by atoms with Crippen LogP contribution in [0.25, 0.3) is 0 Å². The van der Waals surface area contributed by atoms with Crippen LogP contribution in [0.4, 0.5) is 11.4 Å². The van der Waals surface area contributed by atoms with Gasteiger partial charge in [-0.1, -0.05) is 30.3 Å². The van der Waals surface area contributed by atoms with Crippen molar-refractivity contribution < 1.29 is 19.5 Å². The van der Waals surface area contributed by atoms with E-state index in [1.54, 1.807) is 31.2 Å². The van der Waals surface area contributed by atoms with Crippen molar-refractivity contribution in [2.45, 2.75) is 13.8 Å². The van der Waals surface area contributed by atoms with E-state index >= 15 is 0 Å². The van der Waals surface area contributed by atoms with Crippen LogP contribution in [0.5, 0.6) is 5.75 Å². The molecule has 0 fully saturated rings. The minimum absolute atomic E-state index is 0.0449. The molecule has 0 saturated heterocycles. The number of hydrogen-bond acceptors (Lipinski definition) is 4. The van der Waals surface area contributed by atoms with E-state index in [0.29, 0.717) is 16.9 Å². The van der Waals surface area contributed by atoms with E-state index in [4.69, 9.17) is 0 Å². The van der Waals surface area contributed by atoms with Crippen LogP contribution in [-0.4, -0.2) is 22.8 Å². The summed E-state index contributed by atoms with van der Waals surface area (Å²) in [6.45, 7) is 3.59. The molecule has 3 aromatic carbocycles. The van der Waals surface area contributed by atoms with Gasteiger partial charge in [-0.15, -0.1) is 0 Å². The second kappa shape index (κ2) is 6.91. The molecule has 0 aliphatic carbocycles. The SMILES string of the molecule is Cc1ccccc1N1C(=O)c2ccc(C(=O)Nc3c(C)cccc3O)cc2C1=O. The molecular formula is C23H18N2O4. The van der Waals surface area contributed by atoms with Gasteiger partial charge in [-0.25, -0.2) is 4.90 Å². The molecule has 0 aromatic heterocycles. The molecular weight excluding hydrogens is 368 g/mol. The number of nitrogens with zero attached hydrogens (tertiary/aromatic N) is 1. The number of rotatable bonds is 3. The normalized spacial score (nSPS) is 12.8. The van der Waals surface area contributed by atoms with Gasteiger partial charge in [0.15, 0.2) is 0 Å². The van der Waals surface area contributed by atoms with Gasteiger partial charge in [0.2, 0.25) is 0 Å². The zero-order valence-corrected chi connectivity index (χ0v) is 15.9. The van der Waals surface area contributed by atoms with Gasteiger partial charge in [-0.2, -0.15) is 0 Å². The van der Waals surface area contributed by atoms with Crippen molar-refractivity contribution in [1.29, 1.82) is 0 Å². The van der Waals surface area contributed by atoms with Gasteiger partial charge < -0.3 is 10.4 Å². The summed E-state index contributed by atoms with van der Waals surface area (Å²) < 4.78 is 0. The molecule has 4 rings (SSSR count). The van der Waals surface area contributed by atoms with Crippen molar-refractivity contribution in [3.63, 3.8) is 0 Å². The molecule has 1 aliphatic heterocycles. The van der Waals surface area contributed by atoms with Crippen LogP contribution in [0.2, 0.25) is 0 Å². The fourth-order valence-corrected chi connectivity index (χ4v) is 3.42. The van der Waals surface area contributed by atoms with Crippen molar-refractivity contribution in [3.05, 3.63) is 88.5 Å². The number of carbonyl (C=O) groups excluding carboxylic acids is 3. The van der Waals surface area contributed by atoms with Gasteiger partial charge in [0.25, 0.3) is 17.7 Å². The number of phenolic OH excluding ortho intramolecular Hbond substituents is 1. The molecule has 1 heterocycles. The maximum Gasteiger partial charge on any atom is 0.266 e. The molecule has 0 saturated carbocycles. The predicted molar refractivity (Wildman–Crippen MR) is 110 cm³/mol. The van der Waals surface area contributed by atoms with Crippen LogP contribution in [0.1, 0.15) is 42.2 Å². The topological polar surface area (TPSA) is 86.7 Å². The van der Waals surface area contributed by atoms with Crippen molar-refractivity contribution in [2.24, 2.45) is 0 Å². The van der Waals surface area contributed by atoms with Crippen molar-refractivity contribution in [1.82, 2.24) is 0 Å². The molecule has 2 N–H and O–H groups in total. The zero-order valence-electron chi connectivity index (χ0n) is 15.9. The molecule has 144 valence electrons. The molecule has 29 heavy (non-hydrogen) atoms. The van der Waals surface area contributed by atoms with Crippen LogP contribution in [0.15, 0.2) is 60.7 Å². The number of phenols is 1. The third-order valence-electron chi connectivity index (χ3n) is 4.99. The zero-order chi connectivity index (χ0) is 20.7. The van der Waals surface area contributed by atoms with Gasteiger partial charge in [0.05, 0.1) is 22.5 Å². The second-order valence-electron chi connectivity index (χ2n) is 6.92.